The highest BCUT2D eigenvalue weighted by Gasteiger charge is 2.38. The number of nitrogens with one attached hydrogen (secondary N) is 2. The molecule has 0 amide bonds. The largest absolute Gasteiger partial charge is 0.497 e. The first-order valence-corrected chi connectivity index (χ1v) is 11.2. The van der Waals surface area contributed by atoms with Crippen LogP contribution < -0.4 is 25.0 Å². The van der Waals surface area contributed by atoms with E-state index in [2.05, 4.69) is 63.0 Å². The zero-order valence-corrected chi connectivity index (χ0v) is 21.5. The molecule has 1 aliphatic heterocycles. The maximum absolute atomic E-state index is 5.42. The van der Waals surface area contributed by atoms with Crippen LogP contribution in [0.4, 0.5) is 5.69 Å². The zero-order valence-electron chi connectivity index (χ0n) is 19.2. The zero-order chi connectivity index (χ0) is 21.6. The average Bonchev–Trinajstić information content (AvgIpc) is 3.62. The summed E-state index contributed by atoms with van der Waals surface area (Å²) in [7, 11) is 5.24. The van der Waals surface area contributed by atoms with Gasteiger partial charge in [-0.3, -0.25) is 4.99 Å². The summed E-state index contributed by atoms with van der Waals surface area (Å²) < 4.78 is 10.8. The standard InChI is InChI=1S/C25H34N4O2.HI/c1-26-25(27-17-19-13-24(19)18-7-5-4-6-8-18)28-20-9-11-29(12-10-20)21-14-22(30-2)16-23(15-21)31-3;/h4-8,14-16,19-20,24H,9-13,17H2,1-3H3,(H2,26,27,28);1H. The SMILES string of the molecule is CN=C(NCC1CC1c1ccccc1)NC1CCN(c2cc(OC)cc(OC)c2)CC1.I. The van der Waals surface area contributed by atoms with Gasteiger partial charge >= 0.3 is 0 Å². The number of anilines is 1. The molecule has 2 atom stereocenters. The Hall–Kier alpha value is -2.16. The van der Waals surface area contributed by atoms with Crippen LogP contribution in [0.1, 0.15) is 30.7 Å². The number of aliphatic imine (C=N–C) groups is 1. The van der Waals surface area contributed by atoms with E-state index in [0.717, 1.165) is 55.6 Å². The number of halogens is 1. The van der Waals surface area contributed by atoms with Crippen LogP contribution in [0.3, 0.4) is 0 Å². The lowest BCUT2D eigenvalue weighted by atomic mass is 10.0. The predicted octanol–water partition coefficient (Wildman–Crippen LogP) is 4.26. The molecule has 0 aromatic heterocycles. The first-order chi connectivity index (χ1) is 15.2. The molecule has 4 rings (SSSR count). The van der Waals surface area contributed by atoms with Crippen molar-refractivity contribution in [2.45, 2.75) is 31.2 Å². The second kappa shape index (κ2) is 11.6. The molecular weight excluding hydrogens is 515 g/mol. The Morgan fingerprint density at radius 1 is 1.03 bits per heavy atom. The number of piperidine rings is 1. The highest BCUT2D eigenvalue weighted by Crippen LogP contribution is 2.46. The molecule has 6 nitrogen and oxygen atoms in total. The van der Waals surface area contributed by atoms with Crippen molar-refractivity contribution in [3.63, 3.8) is 0 Å². The highest BCUT2D eigenvalue weighted by molar-refractivity contribution is 14.0. The molecule has 0 spiro atoms. The van der Waals surface area contributed by atoms with Gasteiger partial charge in [0.1, 0.15) is 11.5 Å². The molecule has 2 unspecified atom stereocenters. The van der Waals surface area contributed by atoms with Crippen molar-refractivity contribution in [2.24, 2.45) is 10.9 Å². The molecule has 1 aliphatic carbocycles. The summed E-state index contributed by atoms with van der Waals surface area (Å²) in [6.07, 6.45) is 3.39. The van der Waals surface area contributed by atoms with Gasteiger partial charge in [-0.2, -0.15) is 0 Å². The Morgan fingerprint density at radius 2 is 1.69 bits per heavy atom. The lowest BCUT2D eigenvalue weighted by Crippen LogP contribution is -2.49. The fourth-order valence-electron chi connectivity index (χ4n) is 4.45. The van der Waals surface area contributed by atoms with E-state index < -0.39 is 0 Å². The Bertz CT molecular complexity index is 863. The predicted molar refractivity (Wildman–Crippen MR) is 142 cm³/mol. The van der Waals surface area contributed by atoms with Gasteiger partial charge in [0.05, 0.1) is 14.2 Å². The van der Waals surface area contributed by atoms with Crippen molar-refractivity contribution in [1.29, 1.82) is 0 Å². The number of methoxy groups -OCH3 is 2. The van der Waals surface area contributed by atoms with Crippen LogP contribution in [0.15, 0.2) is 53.5 Å². The maximum atomic E-state index is 5.42. The quantitative estimate of drug-likeness (QED) is 0.307. The second-order valence-electron chi connectivity index (χ2n) is 8.44. The summed E-state index contributed by atoms with van der Waals surface area (Å²) in [5, 5.41) is 7.17. The van der Waals surface area contributed by atoms with E-state index in [0.29, 0.717) is 17.9 Å². The molecule has 2 aromatic rings. The summed E-state index contributed by atoms with van der Waals surface area (Å²) in [5.74, 6) is 3.96. The van der Waals surface area contributed by atoms with Gasteiger partial charge in [0.2, 0.25) is 0 Å². The number of nitrogens with zero attached hydrogens (tertiary/aromatic N) is 2. The van der Waals surface area contributed by atoms with Gasteiger partial charge in [0.15, 0.2) is 5.96 Å². The first-order valence-electron chi connectivity index (χ1n) is 11.2. The second-order valence-corrected chi connectivity index (χ2v) is 8.44. The van der Waals surface area contributed by atoms with E-state index in [4.69, 9.17) is 9.47 Å². The van der Waals surface area contributed by atoms with E-state index in [1.807, 2.05) is 13.1 Å². The summed E-state index contributed by atoms with van der Waals surface area (Å²) in [6.45, 7) is 2.95. The van der Waals surface area contributed by atoms with Gasteiger partial charge in [-0.25, -0.2) is 0 Å². The molecular formula is C25H35IN4O2. The van der Waals surface area contributed by atoms with Crippen LogP contribution in [0, 0.1) is 5.92 Å². The number of ether oxygens (including phenoxy) is 2. The first kappa shape index (κ1) is 24.5. The molecule has 2 fully saturated rings. The number of hydrogen-bond acceptors (Lipinski definition) is 4. The normalized spacial score (nSPS) is 20.8. The minimum atomic E-state index is 0. The van der Waals surface area contributed by atoms with Crippen LogP contribution in [-0.4, -0.2) is 52.9 Å². The Balaban J connectivity index is 0.00000289. The van der Waals surface area contributed by atoms with Crippen LogP contribution >= 0.6 is 24.0 Å². The topological polar surface area (TPSA) is 58.1 Å². The fraction of sp³-hybridized carbons (Fsp3) is 0.480. The molecule has 0 radical (unpaired) electrons. The van der Waals surface area contributed by atoms with Gasteiger partial charge < -0.3 is 25.0 Å². The monoisotopic (exact) mass is 550 g/mol. The third-order valence-electron chi connectivity index (χ3n) is 6.44. The molecule has 1 heterocycles. The van der Waals surface area contributed by atoms with Crippen molar-refractivity contribution < 1.29 is 9.47 Å². The Morgan fingerprint density at radius 3 is 2.28 bits per heavy atom. The molecule has 2 N–H and O–H groups in total. The van der Waals surface area contributed by atoms with Gasteiger partial charge in [0.25, 0.3) is 0 Å². The number of guanidine groups is 1. The minimum Gasteiger partial charge on any atom is -0.497 e. The van der Waals surface area contributed by atoms with Crippen molar-refractivity contribution in [1.82, 2.24) is 10.6 Å². The third-order valence-corrected chi connectivity index (χ3v) is 6.44. The third kappa shape index (κ3) is 6.21. The van der Waals surface area contributed by atoms with Gasteiger partial charge in [-0.1, -0.05) is 30.3 Å². The molecule has 0 bridgehead atoms. The summed E-state index contributed by atoms with van der Waals surface area (Å²) >= 11 is 0. The smallest absolute Gasteiger partial charge is 0.191 e. The van der Waals surface area contributed by atoms with Crippen LogP contribution in [-0.2, 0) is 0 Å². The molecule has 1 saturated carbocycles. The van der Waals surface area contributed by atoms with Crippen LogP contribution in [0.25, 0.3) is 0 Å². The van der Waals surface area contributed by atoms with E-state index in [1.165, 1.54) is 12.0 Å². The summed E-state index contributed by atoms with van der Waals surface area (Å²) in [6, 6.07) is 17.3. The number of hydrogen-bond donors (Lipinski definition) is 2. The number of benzene rings is 2. The molecule has 2 aliphatic rings. The van der Waals surface area contributed by atoms with Crippen molar-refractivity contribution in [3.05, 3.63) is 54.1 Å². The van der Waals surface area contributed by atoms with Crippen LogP contribution in [0.5, 0.6) is 11.5 Å². The molecule has 32 heavy (non-hydrogen) atoms. The van der Waals surface area contributed by atoms with E-state index in [9.17, 15) is 0 Å². The van der Waals surface area contributed by atoms with Crippen molar-refractivity contribution >= 4 is 35.6 Å². The number of rotatable bonds is 7. The lowest BCUT2D eigenvalue weighted by molar-refractivity contribution is 0.393. The van der Waals surface area contributed by atoms with Gasteiger partial charge in [-0.05, 0) is 36.7 Å². The Labute approximate surface area is 208 Å². The van der Waals surface area contributed by atoms with Crippen molar-refractivity contribution in [2.75, 3.05) is 45.8 Å². The molecule has 7 heteroatoms. The minimum absolute atomic E-state index is 0. The lowest BCUT2D eigenvalue weighted by Gasteiger charge is -2.34. The van der Waals surface area contributed by atoms with E-state index >= 15 is 0 Å². The maximum Gasteiger partial charge on any atom is 0.191 e. The average molecular weight is 550 g/mol. The van der Waals surface area contributed by atoms with Gasteiger partial charge in [0, 0.05) is 56.6 Å². The Kier molecular flexibility index (Phi) is 8.90. The summed E-state index contributed by atoms with van der Waals surface area (Å²) in [5.41, 5.74) is 2.61. The summed E-state index contributed by atoms with van der Waals surface area (Å²) in [4.78, 5) is 6.85. The molecule has 174 valence electrons. The van der Waals surface area contributed by atoms with Crippen molar-refractivity contribution in [3.8, 4) is 11.5 Å². The molecule has 1 saturated heterocycles. The van der Waals surface area contributed by atoms with E-state index in [-0.39, 0.29) is 24.0 Å². The van der Waals surface area contributed by atoms with E-state index in [1.54, 1.807) is 14.2 Å². The molecule has 2 aromatic carbocycles. The fourth-order valence-corrected chi connectivity index (χ4v) is 4.45. The van der Waals surface area contributed by atoms with Gasteiger partial charge in [-0.15, -0.1) is 24.0 Å². The van der Waals surface area contributed by atoms with Crippen LogP contribution in [0.2, 0.25) is 0 Å². The highest BCUT2D eigenvalue weighted by atomic mass is 127.